The minimum absolute atomic E-state index is 0.0325. The van der Waals surface area contributed by atoms with Gasteiger partial charge in [0.25, 0.3) is 0 Å². The average Bonchev–Trinajstić information content (AvgIpc) is 2.46. The van der Waals surface area contributed by atoms with Gasteiger partial charge in [-0.2, -0.15) is 0 Å². The first-order chi connectivity index (χ1) is 10.8. The molecule has 7 heteroatoms. The monoisotopic (exact) mass is 340 g/mol. The molecule has 1 aliphatic rings. The zero-order chi connectivity index (χ0) is 16.9. The van der Waals surface area contributed by atoms with Crippen LogP contribution >= 0.6 is 0 Å². The number of benzene rings is 1. The molecule has 1 aromatic rings. The van der Waals surface area contributed by atoms with Crippen molar-refractivity contribution in [1.29, 1.82) is 0 Å². The Hall–Kier alpha value is -1.76. The molecule has 1 aromatic carbocycles. The standard InChI is InChI=1S/C16H24N2O4S/c1-13-5-4-8-18(12-13)16(19)17-14-6-3-7-15(11-14)22-9-10-23(2,20)21/h3,6-7,11,13H,4-5,8-10,12H2,1-2H3,(H,17,19). The van der Waals surface area contributed by atoms with Crippen LogP contribution in [0.4, 0.5) is 10.5 Å². The van der Waals surface area contributed by atoms with Crippen LogP contribution in [0.15, 0.2) is 24.3 Å². The third-order valence-corrected chi connectivity index (χ3v) is 4.66. The van der Waals surface area contributed by atoms with Gasteiger partial charge in [-0.15, -0.1) is 0 Å². The van der Waals surface area contributed by atoms with E-state index in [-0.39, 0.29) is 18.4 Å². The molecule has 128 valence electrons. The second kappa shape index (κ2) is 7.68. The van der Waals surface area contributed by atoms with Gasteiger partial charge in [-0.05, 0) is 30.9 Å². The average molecular weight is 340 g/mol. The highest BCUT2D eigenvalue weighted by Crippen LogP contribution is 2.20. The van der Waals surface area contributed by atoms with Gasteiger partial charge in [-0.25, -0.2) is 13.2 Å². The first-order valence-electron chi connectivity index (χ1n) is 7.80. The molecular formula is C16H24N2O4S. The zero-order valence-electron chi connectivity index (χ0n) is 13.6. The van der Waals surface area contributed by atoms with Gasteiger partial charge in [-0.1, -0.05) is 13.0 Å². The maximum atomic E-state index is 12.3. The Balaban J connectivity index is 1.90. The summed E-state index contributed by atoms with van der Waals surface area (Å²) < 4.78 is 27.6. The van der Waals surface area contributed by atoms with Crippen molar-refractivity contribution >= 4 is 21.6 Å². The van der Waals surface area contributed by atoms with Crippen molar-refractivity contribution in [2.75, 3.05) is 37.0 Å². The highest BCUT2D eigenvalue weighted by atomic mass is 32.2. The second-order valence-electron chi connectivity index (χ2n) is 6.13. The van der Waals surface area contributed by atoms with Crippen LogP contribution in [0.25, 0.3) is 0 Å². The maximum absolute atomic E-state index is 12.3. The van der Waals surface area contributed by atoms with E-state index in [1.807, 2.05) is 4.90 Å². The van der Waals surface area contributed by atoms with Crippen LogP contribution in [-0.2, 0) is 9.84 Å². The molecule has 2 amide bonds. The number of likely N-dealkylation sites (tertiary alicyclic amines) is 1. The van der Waals surface area contributed by atoms with E-state index in [2.05, 4.69) is 12.2 Å². The van der Waals surface area contributed by atoms with Crippen molar-refractivity contribution in [3.63, 3.8) is 0 Å². The number of nitrogens with zero attached hydrogens (tertiary/aromatic N) is 1. The number of nitrogens with one attached hydrogen (secondary N) is 1. The van der Waals surface area contributed by atoms with E-state index in [9.17, 15) is 13.2 Å². The number of anilines is 1. The van der Waals surface area contributed by atoms with Crippen molar-refractivity contribution in [3.05, 3.63) is 24.3 Å². The molecule has 1 N–H and O–H groups in total. The maximum Gasteiger partial charge on any atom is 0.321 e. The summed E-state index contributed by atoms with van der Waals surface area (Å²) >= 11 is 0. The van der Waals surface area contributed by atoms with E-state index in [1.165, 1.54) is 6.26 Å². The number of rotatable bonds is 5. The smallest absolute Gasteiger partial charge is 0.321 e. The first-order valence-corrected chi connectivity index (χ1v) is 9.86. The van der Waals surface area contributed by atoms with E-state index < -0.39 is 9.84 Å². The van der Waals surface area contributed by atoms with Gasteiger partial charge in [0, 0.05) is 31.1 Å². The fourth-order valence-corrected chi connectivity index (χ4v) is 2.94. The highest BCUT2D eigenvalue weighted by Gasteiger charge is 2.20. The molecule has 0 radical (unpaired) electrons. The van der Waals surface area contributed by atoms with Crippen molar-refractivity contribution in [2.45, 2.75) is 19.8 Å². The number of carbonyl (C=O) groups excluding carboxylic acids is 1. The Morgan fingerprint density at radius 2 is 2.22 bits per heavy atom. The van der Waals surface area contributed by atoms with Crippen molar-refractivity contribution in [3.8, 4) is 5.75 Å². The molecule has 0 spiro atoms. The van der Waals surface area contributed by atoms with E-state index in [0.29, 0.717) is 17.4 Å². The Morgan fingerprint density at radius 3 is 2.91 bits per heavy atom. The normalized spacial score (nSPS) is 18.5. The Morgan fingerprint density at radius 1 is 1.43 bits per heavy atom. The summed E-state index contributed by atoms with van der Waals surface area (Å²) in [6, 6.07) is 6.89. The third kappa shape index (κ3) is 6.09. The molecule has 1 aliphatic heterocycles. The summed E-state index contributed by atoms with van der Waals surface area (Å²) in [6.07, 6.45) is 3.36. The minimum Gasteiger partial charge on any atom is -0.492 e. The molecule has 1 saturated heterocycles. The largest absolute Gasteiger partial charge is 0.492 e. The Bertz CT molecular complexity index is 645. The van der Waals surface area contributed by atoms with E-state index in [4.69, 9.17) is 4.74 Å². The van der Waals surface area contributed by atoms with E-state index in [1.54, 1.807) is 24.3 Å². The first kappa shape index (κ1) is 17.6. The molecule has 23 heavy (non-hydrogen) atoms. The van der Waals surface area contributed by atoms with Gasteiger partial charge in [0.05, 0.1) is 5.75 Å². The van der Waals surface area contributed by atoms with Crippen LogP contribution in [-0.4, -0.2) is 51.1 Å². The number of amides is 2. The molecular weight excluding hydrogens is 316 g/mol. The van der Waals surface area contributed by atoms with Crippen molar-refractivity contribution in [2.24, 2.45) is 5.92 Å². The number of piperidine rings is 1. The predicted octanol–water partition coefficient (Wildman–Crippen LogP) is 2.37. The number of sulfone groups is 1. The Labute approximate surface area is 137 Å². The topological polar surface area (TPSA) is 75.7 Å². The summed E-state index contributed by atoms with van der Waals surface area (Å²) in [4.78, 5) is 14.1. The quantitative estimate of drug-likeness (QED) is 0.893. The second-order valence-corrected chi connectivity index (χ2v) is 8.39. The zero-order valence-corrected chi connectivity index (χ0v) is 14.4. The Kier molecular flexibility index (Phi) is 5.87. The molecule has 1 heterocycles. The van der Waals surface area contributed by atoms with Crippen LogP contribution in [0.1, 0.15) is 19.8 Å². The van der Waals surface area contributed by atoms with Gasteiger partial charge < -0.3 is 15.0 Å². The summed E-state index contributed by atoms with van der Waals surface area (Å²) in [5, 5.41) is 2.87. The highest BCUT2D eigenvalue weighted by molar-refractivity contribution is 7.90. The SMILES string of the molecule is CC1CCCN(C(=O)Nc2cccc(OCCS(C)(=O)=O)c2)C1. The summed E-state index contributed by atoms with van der Waals surface area (Å²) in [5.74, 6) is 1.04. The van der Waals surface area contributed by atoms with Gasteiger partial charge in [-0.3, -0.25) is 0 Å². The molecule has 0 aromatic heterocycles. The summed E-state index contributed by atoms with van der Waals surface area (Å²) in [5.41, 5.74) is 0.644. The van der Waals surface area contributed by atoms with Crippen LogP contribution in [0.2, 0.25) is 0 Å². The summed E-state index contributed by atoms with van der Waals surface area (Å²) in [7, 11) is -3.04. The number of carbonyl (C=O) groups is 1. The van der Waals surface area contributed by atoms with Crippen LogP contribution in [0.5, 0.6) is 5.75 Å². The van der Waals surface area contributed by atoms with Gasteiger partial charge in [0.15, 0.2) is 9.84 Å². The molecule has 2 rings (SSSR count). The minimum atomic E-state index is -3.04. The lowest BCUT2D eigenvalue weighted by Gasteiger charge is -2.30. The molecule has 0 aliphatic carbocycles. The molecule has 1 atom stereocenters. The lowest BCUT2D eigenvalue weighted by atomic mass is 10.0. The van der Waals surface area contributed by atoms with Gasteiger partial charge in [0.1, 0.15) is 12.4 Å². The molecule has 0 saturated carbocycles. The van der Waals surface area contributed by atoms with Crippen LogP contribution in [0, 0.1) is 5.92 Å². The third-order valence-electron chi connectivity index (χ3n) is 3.75. The molecule has 1 fully saturated rings. The van der Waals surface area contributed by atoms with Gasteiger partial charge in [0.2, 0.25) is 0 Å². The van der Waals surface area contributed by atoms with Crippen molar-refractivity contribution in [1.82, 2.24) is 4.90 Å². The van der Waals surface area contributed by atoms with E-state index >= 15 is 0 Å². The fraction of sp³-hybridized carbons (Fsp3) is 0.562. The summed E-state index contributed by atoms with van der Waals surface area (Å²) in [6.45, 7) is 3.80. The van der Waals surface area contributed by atoms with Crippen molar-refractivity contribution < 1.29 is 17.9 Å². The molecule has 0 bridgehead atoms. The van der Waals surface area contributed by atoms with Crippen LogP contribution in [0.3, 0.4) is 0 Å². The number of hydrogen-bond donors (Lipinski definition) is 1. The number of urea groups is 1. The van der Waals surface area contributed by atoms with E-state index in [0.717, 1.165) is 25.9 Å². The van der Waals surface area contributed by atoms with Crippen LogP contribution < -0.4 is 10.1 Å². The fourth-order valence-electron chi connectivity index (χ4n) is 2.55. The number of ether oxygens (including phenoxy) is 1. The molecule has 1 unspecified atom stereocenters. The van der Waals surface area contributed by atoms with Gasteiger partial charge >= 0.3 is 6.03 Å². The molecule has 6 nitrogen and oxygen atoms in total. The number of hydrogen-bond acceptors (Lipinski definition) is 4. The lowest BCUT2D eigenvalue weighted by Crippen LogP contribution is -2.41. The lowest BCUT2D eigenvalue weighted by molar-refractivity contribution is 0.182. The predicted molar refractivity (Wildman–Crippen MR) is 90.6 cm³/mol.